The van der Waals surface area contributed by atoms with Crippen LogP contribution in [-0.4, -0.2) is 12.2 Å². The minimum atomic E-state index is -0.500. The maximum absolute atomic E-state index is 13.5. The standard InChI is InChI=1S/C17H21FN4O2/c1-9(2)15(22-17(23)21-12(7-19)8-20)16-10(3)13-6-11(18)4-5-14(13)24-16/h4-9,15,19H,20H2,1-3H3,(H2,21,22,23)/b12-8+,19-7?/t15-/m0/s1. The zero-order chi connectivity index (χ0) is 17.9. The molecule has 6 nitrogen and oxygen atoms in total. The van der Waals surface area contributed by atoms with Gasteiger partial charge in [0.2, 0.25) is 0 Å². The van der Waals surface area contributed by atoms with Gasteiger partial charge in [-0.05, 0) is 31.0 Å². The van der Waals surface area contributed by atoms with E-state index < -0.39 is 12.1 Å². The van der Waals surface area contributed by atoms with Crippen LogP contribution >= 0.6 is 0 Å². The summed E-state index contributed by atoms with van der Waals surface area (Å²) in [5, 5.41) is 13.1. The van der Waals surface area contributed by atoms with E-state index in [0.29, 0.717) is 16.7 Å². The van der Waals surface area contributed by atoms with Gasteiger partial charge in [0.25, 0.3) is 0 Å². The number of rotatable bonds is 5. The van der Waals surface area contributed by atoms with Crippen molar-refractivity contribution in [2.75, 3.05) is 0 Å². The van der Waals surface area contributed by atoms with Gasteiger partial charge >= 0.3 is 6.03 Å². The van der Waals surface area contributed by atoms with Crippen molar-refractivity contribution < 1.29 is 13.6 Å². The van der Waals surface area contributed by atoms with Crippen molar-refractivity contribution >= 4 is 23.2 Å². The van der Waals surface area contributed by atoms with Crippen molar-refractivity contribution in [2.24, 2.45) is 11.7 Å². The highest BCUT2D eigenvalue weighted by Gasteiger charge is 2.25. The molecule has 0 fully saturated rings. The fourth-order valence-corrected chi connectivity index (χ4v) is 2.48. The Morgan fingerprint density at radius 1 is 1.42 bits per heavy atom. The molecule has 0 saturated heterocycles. The van der Waals surface area contributed by atoms with Crippen LogP contribution in [-0.2, 0) is 0 Å². The number of allylic oxidation sites excluding steroid dienone is 1. The van der Waals surface area contributed by atoms with Gasteiger partial charge in [0, 0.05) is 23.4 Å². The van der Waals surface area contributed by atoms with Gasteiger partial charge in [0.05, 0.1) is 11.7 Å². The topological polar surface area (TPSA) is 104 Å². The largest absolute Gasteiger partial charge is 0.459 e. The maximum atomic E-state index is 13.5. The van der Waals surface area contributed by atoms with Crippen molar-refractivity contribution in [3.8, 4) is 0 Å². The van der Waals surface area contributed by atoms with Crippen LogP contribution in [0.3, 0.4) is 0 Å². The number of amides is 2. The Bertz CT molecular complexity index is 795. The van der Waals surface area contributed by atoms with Crippen LogP contribution in [0.4, 0.5) is 9.18 Å². The number of aryl methyl sites for hydroxylation is 1. The smallest absolute Gasteiger partial charge is 0.319 e. The molecule has 0 aliphatic rings. The molecule has 0 aliphatic carbocycles. The number of nitrogens with one attached hydrogen (secondary N) is 3. The average molecular weight is 332 g/mol. The molecule has 0 radical (unpaired) electrons. The predicted molar refractivity (Wildman–Crippen MR) is 91.2 cm³/mol. The highest BCUT2D eigenvalue weighted by molar-refractivity contribution is 5.86. The first kappa shape index (κ1) is 17.5. The maximum Gasteiger partial charge on any atom is 0.319 e. The Hall–Kier alpha value is -2.83. The zero-order valence-electron chi connectivity index (χ0n) is 13.8. The Labute approximate surface area is 139 Å². The highest BCUT2D eigenvalue weighted by Crippen LogP contribution is 2.33. The van der Waals surface area contributed by atoms with Gasteiger partial charge in [-0.2, -0.15) is 0 Å². The molecule has 1 atom stereocenters. The van der Waals surface area contributed by atoms with Gasteiger partial charge in [-0.25, -0.2) is 9.18 Å². The number of urea groups is 1. The quantitative estimate of drug-likeness (QED) is 0.631. The van der Waals surface area contributed by atoms with Gasteiger partial charge in [-0.15, -0.1) is 0 Å². The Morgan fingerprint density at radius 3 is 2.71 bits per heavy atom. The molecule has 5 N–H and O–H groups in total. The van der Waals surface area contributed by atoms with Crippen LogP contribution < -0.4 is 16.4 Å². The Morgan fingerprint density at radius 2 is 2.12 bits per heavy atom. The van der Waals surface area contributed by atoms with E-state index in [-0.39, 0.29) is 17.4 Å². The minimum Gasteiger partial charge on any atom is -0.459 e. The summed E-state index contributed by atoms with van der Waals surface area (Å²) >= 11 is 0. The van der Waals surface area contributed by atoms with E-state index in [4.69, 9.17) is 15.6 Å². The normalized spacial score (nSPS) is 13.1. The van der Waals surface area contributed by atoms with Gasteiger partial charge in [0.15, 0.2) is 0 Å². The molecule has 128 valence electrons. The number of benzene rings is 1. The molecule has 2 aromatic rings. The van der Waals surface area contributed by atoms with Crippen LogP contribution in [0.15, 0.2) is 34.5 Å². The predicted octanol–water partition coefficient (Wildman–Crippen LogP) is 3.33. The lowest BCUT2D eigenvalue weighted by molar-refractivity contribution is 0.232. The van der Waals surface area contributed by atoms with Crippen molar-refractivity contribution in [1.82, 2.24) is 10.6 Å². The molecule has 0 aliphatic heterocycles. The fraction of sp³-hybridized carbons (Fsp3) is 0.294. The zero-order valence-corrected chi connectivity index (χ0v) is 13.8. The first-order valence-corrected chi connectivity index (χ1v) is 7.55. The second-order valence-corrected chi connectivity index (χ2v) is 5.82. The van der Waals surface area contributed by atoms with Crippen molar-refractivity contribution in [1.29, 1.82) is 5.41 Å². The van der Waals surface area contributed by atoms with E-state index in [2.05, 4.69) is 10.6 Å². The number of furan rings is 1. The van der Waals surface area contributed by atoms with E-state index in [1.807, 2.05) is 20.8 Å². The van der Waals surface area contributed by atoms with E-state index in [1.165, 1.54) is 12.1 Å². The molecule has 7 heteroatoms. The third kappa shape index (κ3) is 3.56. The molecule has 0 saturated carbocycles. The van der Waals surface area contributed by atoms with E-state index in [1.54, 1.807) is 6.07 Å². The molecule has 0 spiro atoms. The molecule has 1 heterocycles. The van der Waals surface area contributed by atoms with E-state index in [0.717, 1.165) is 18.0 Å². The summed E-state index contributed by atoms with van der Waals surface area (Å²) in [6.45, 7) is 5.71. The summed E-state index contributed by atoms with van der Waals surface area (Å²) < 4.78 is 19.3. The number of halogens is 1. The van der Waals surface area contributed by atoms with Crippen LogP contribution in [0.1, 0.15) is 31.2 Å². The van der Waals surface area contributed by atoms with Gasteiger partial charge < -0.3 is 26.2 Å². The summed E-state index contributed by atoms with van der Waals surface area (Å²) in [7, 11) is 0. The van der Waals surface area contributed by atoms with Gasteiger partial charge in [-0.3, -0.25) is 0 Å². The Balaban J connectivity index is 2.33. The fourth-order valence-electron chi connectivity index (χ4n) is 2.48. The van der Waals surface area contributed by atoms with Gasteiger partial charge in [-0.1, -0.05) is 13.8 Å². The monoisotopic (exact) mass is 332 g/mol. The second kappa shape index (κ2) is 7.16. The summed E-state index contributed by atoms with van der Waals surface area (Å²) in [4.78, 5) is 12.1. The van der Waals surface area contributed by atoms with Crippen LogP contribution in [0.5, 0.6) is 0 Å². The molecule has 0 unspecified atom stereocenters. The molecule has 0 bridgehead atoms. The Kier molecular flexibility index (Phi) is 5.23. The minimum absolute atomic E-state index is 0.0325. The summed E-state index contributed by atoms with van der Waals surface area (Å²) in [6.07, 6.45) is 2.07. The SMILES string of the molecule is Cc1c([C@@H](NC(=O)N/C(C=N)=C/N)C(C)C)oc2ccc(F)cc12. The van der Waals surface area contributed by atoms with Crippen LogP contribution in [0.25, 0.3) is 11.0 Å². The average Bonchev–Trinajstić information content (AvgIpc) is 2.86. The van der Waals surface area contributed by atoms with Crippen LogP contribution in [0, 0.1) is 24.1 Å². The highest BCUT2D eigenvalue weighted by atomic mass is 19.1. The number of hydrogen-bond acceptors (Lipinski definition) is 4. The second-order valence-electron chi connectivity index (χ2n) is 5.82. The molecular weight excluding hydrogens is 311 g/mol. The third-order valence-electron chi connectivity index (χ3n) is 3.76. The molecule has 2 amide bonds. The third-order valence-corrected chi connectivity index (χ3v) is 3.76. The number of hydrogen-bond donors (Lipinski definition) is 4. The van der Waals surface area contributed by atoms with Crippen molar-refractivity contribution in [3.05, 3.63) is 47.2 Å². The molecule has 24 heavy (non-hydrogen) atoms. The van der Waals surface area contributed by atoms with Crippen LogP contribution in [0.2, 0.25) is 0 Å². The lowest BCUT2D eigenvalue weighted by Crippen LogP contribution is -2.39. The van der Waals surface area contributed by atoms with Gasteiger partial charge in [0.1, 0.15) is 17.2 Å². The van der Waals surface area contributed by atoms with Crippen molar-refractivity contribution in [3.63, 3.8) is 0 Å². The molecule has 2 rings (SSSR count). The number of carbonyl (C=O) groups is 1. The first-order chi connectivity index (χ1) is 11.4. The first-order valence-electron chi connectivity index (χ1n) is 7.55. The lowest BCUT2D eigenvalue weighted by Gasteiger charge is -2.21. The summed E-state index contributed by atoms with van der Waals surface area (Å²) in [5.41, 5.74) is 6.84. The molecule has 1 aromatic carbocycles. The lowest BCUT2D eigenvalue weighted by atomic mass is 9.98. The van der Waals surface area contributed by atoms with E-state index >= 15 is 0 Å². The molecule has 1 aromatic heterocycles. The van der Waals surface area contributed by atoms with Crippen molar-refractivity contribution in [2.45, 2.75) is 26.8 Å². The number of carbonyl (C=O) groups excluding carboxylic acids is 1. The number of fused-ring (bicyclic) bond motifs is 1. The summed E-state index contributed by atoms with van der Waals surface area (Å²) in [6, 6.07) is 3.41. The molecular formula is C17H21FN4O2. The number of nitrogens with two attached hydrogens (primary N) is 1. The van der Waals surface area contributed by atoms with E-state index in [9.17, 15) is 9.18 Å². The summed E-state index contributed by atoms with van der Waals surface area (Å²) in [5.74, 6) is 0.271.